The number of nitrogens with two attached hydrogens (primary N) is 1. The van der Waals surface area contributed by atoms with Crippen LogP contribution in [0.1, 0.15) is 19.8 Å². The van der Waals surface area contributed by atoms with Gasteiger partial charge in [0.25, 0.3) is 0 Å². The molecule has 0 bridgehead atoms. The summed E-state index contributed by atoms with van der Waals surface area (Å²) in [5, 5.41) is 2.84. The number of sulfonamides is 1. The van der Waals surface area contributed by atoms with Gasteiger partial charge < -0.3 is 11.1 Å². The Morgan fingerprint density at radius 2 is 1.90 bits per heavy atom. The van der Waals surface area contributed by atoms with Crippen molar-refractivity contribution in [2.45, 2.75) is 25.8 Å². The lowest BCUT2D eigenvalue weighted by Crippen LogP contribution is -2.54. The second-order valence-electron chi connectivity index (χ2n) is 5.14. The zero-order chi connectivity index (χ0) is 15.2. The molecule has 118 valence electrons. The monoisotopic (exact) mass is 306 g/mol. The van der Waals surface area contributed by atoms with Gasteiger partial charge in [0.15, 0.2) is 0 Å². The topological polar surface area (TPSA) is 95.7 Å². The van der Waals surface area contributed by atoms with Crippen LogP contribution in [-0.4, -0.2) is 75.1 Å². The molecule has 1 amide bonds. The van der Waals surface area contributed by atoms with E-state index in [9.17, 15) is 13.2 Å². The zero-order valence-electron chi connectivity index (χ0n) is 12.3. The number of rotatable bonds is 7. The number of nitrogens with zero attached hydrogens (tertiary/aromatic N) is 2. The van der Waals surface area contributed by atoms with E-state index in [2.05, 4.69) is 10.2 Å². The molecule has 0 aromatic carbocycles. The van der Waals surface area contributed by atoms with E-state index in [1.807, 2.05) is 6.92 Å². The SMILES string of the molecule is CCCNC(=O)CC(CN)N1CCN(S(C)(=O)=O)CC1. The number of piperazine rings is 1. The van der Waals surface area contributed by atoms with Crippen LogP contribution in [0.15, 0.2) is 0 Å². The van der Waals surface area contributed by atoms with E-state index in [-0.39, 0.29) is 11.9 Å². The van der Waals surface area contributed by atoms with Gasteiger partial charge in [0.1, 0.15) is 0 Å². The Hall–Kier alpha value is -0.700. The Balaban J connectivity index is 2.46. The molecule has 1 atom stereocenters. The van der Waals surface area contributed by atoms with E-state index in [0.29, 0.717) is 45.7 Å². The molecule has 0 saturated carbocycles. The Kier molecular flexibility index (Phi) is 6.87. The summed E-state index contributed by atoms with van der Waals surface area (Å²) in [6.45, 7) is 5.26. The molecule has 1 aliphatic heterocycles. The summed E-state index contributed by atoms with van der Waals surface area (Å²) in [6, 6.07) is -0.0198. The van der Waals surface area contributed by atoms with Crippen LogP contribution < -0.4 is 11.1 Å². The normalized spacial score (nSPS) is 19.8. The maximum absolute atomic E-state index is 11.7. The second-order valence-corrected chi connectivity index (χ2v) is 7.12. The lowest BCUT2D eigenvalue weighted by atomic mass is 10.1. The van der Waals surface area contributed by atoms with Crippen molar-refractivity contribution in [2.24, 2.45) is 5.73 Å². The van der Waals surface area contributed by atoms with Crippen LogP contribution in [0.25, 0.3) is 0 Å². The minimum Gasteiger partial charge on any atom is -0.356 e. The molecule has 1 fully saturated rings. The third-order valence-electron chi connectivity index (χ3n) is 3.52. The molecule has 8 heteroatoms. The first kappa shape index (κ1) is 17.4. The number of carbonyl (C=O) groups is 1. The number of hydrogen-bond donors (Lipinski definition) is 2. The first-order chi connectivity index (χ1) is 9.38. The first-order valence-corrected chi connectivity index (χ1v) is 8.89. The van der Waals surface area contributed by atoms with Gasteiger partial charge in [-0.1, -0.05) is 6.92 Å². The first-order valence-electron chi connectivity index (χ1n) is 7.04. The highest BCUT2D eigenvalue weighted by Crippen LogP contribution is 2.11. The van der Waals surface area contributed by atoms with E-state index in [0.717, 1.165) is 6.42 Å². The summed E-state index contributed by atoms with van der Waals surface area (Å²) in [5.41, 5.74) is 5.75. The summed E-state index contributed by atoms with van der Waals surface area (Å²) < 4.78 is 24.4. The molecule has 0 aromatic heterocycles. The summed E-state index contributed by atoms with van der Waals surface area (Å²) in [7, 11) is -3.12. The molecule has 1 rings (SSSR count). The van der Waals surface area contributed by atoms with Gasteiger partial charge >= 0.3 is 0 Å². The standard InChI is InChI=1S/C12H26N4O3S/c1-3-4-14-12(17)9-11(10-13)15-5-7-16(8-6-15)20(2,18)19/h11H,3-10,13H2,1-2H3,(H,14,17). The van der Waals surface area contributed by atoms with Crippen LogP contribution in [0.4, 0.5) is 0 Å². The van der Waals surface area contributed by atoms with Gasteiger partial charge in [0, 0.05) is 51.7 Å². The van der Waals surface area contributed by atoms with Crippen LogP contribution in [0.3, 0.4) is 0 Å². The highest BCUT2D eigenvalue weighted by Gasteiger charge is 2.28. The van der Waals surface area contributed by atoms with E-state index in [4.69, 9.17) is 5.73 Å². The van der Waals surface area contributed by atoms with Crippen molar-refractivity contribution >= 4 is 15.9 Å². The van der Waals surface area contributed by atoms with Gasteiger partial charge in [0.2, 0.25) is 15.9 Å². The van der Waals surface area contributed by atoms with Crippen molar-refractivity contribution in [1.82, 2.24) is 14.5 Å². The van der Waals surface area contributed by atoms with Crippen molar-refractivity contribution < 1.29 is 13.2 Å². The van der Waals surface area contributed by atoms with Crippen molar-refractivity contribution in [3.8, 4) is 0 Å². The summed E-state index contributed by atoms with van der Waals surface area (Å²) >= 11 is 0. The quantitative estimate of drug-likeness (QED) is 0.616. The van der Waals surface area contributed by atoms with Crippen molar-refractivity contribution in [1.29, 1.82) is 0 Å². The van der Waals surface area contributed by atoms with E-state index < -0.39 is 10.0 Å². The predicted octanol–water partition coefficient (Wildman–Crippen LogP) is -1.19. The molecule has 20 heavy (non-hydrogen) atoms. The largest absolute Gasteiger partial charge is 0.356 e. The number of carbonyl (C=O) groups excluding carboxylic acids is 1. The average Bonchev–Trinajstić information content (AvgIpc) is 2.41. The van der Waals surface area contributed by atoms with Crippen LogP contribution in [-0.2, 0) is 14.8 Å². The number of amides is 1. The third-order valence-corrected chi connectivity index (χ3v) is 4.83. The Morgan fingerprint density at radius 3 is 2.35 bits per heavy atom. The molecule has 0 aliphatic carbocycles. The van der Waals surface area contributed by atoms with E-state index in [1.165, 1.54) is 10.6 Å². The average molecular weight is 306 g/mol. The zero-order valence-corrected chi connectivity index (χ0v) is 13.2. The van der Waals surface area contributed by atoms with Crippen molar-refractivity contribution in [3.05, 3.63) is 0 Å². The summed E-state index contributed by atoms with van der Waals surface area (Å²) in [6.07, 6.45) is 2.50. The van der Waals surface area contributed by atoms with Gasteiger partial charge in [-0.25, -0.2) is 8.42 Å². The van der Waals surface area contributed by atoms with Gasteiger partial charge in [-0.3, -0.25) is 9.69 Å². The summed E-state index contributed by atoms with van der Waals surface area (Å²) in [5.74, 6) is 0.00726. The summed E-state index contributed by atoms with van der Waals surface area (Å²) in [4.78, 5) is 13.8. The molecular weight excluding hydrogens is 280 g/mol. The number of hydrogen-bond acceptors (Lipinski definition) is 5. The Bertz CT molecular complexity index is 405. The molecule has 0 radical (unpaired) electrons. The van der Waals surface area contributed by atoms with Crippen LogP contribution in [0.5, 0.6) is 0 Å². The van der Waals surface area contributed by atoms with Crippen molar-refractivity contribution in [3.63, 3.8) is 0 Å². The Labute approximate surface area is 121 Å². The third kappa shape index (κ3) is 5.35. The molecule has 1 heterocycles. The molecule has 3 N–H and O–H groups in total. The lowest BCUT2D eigenvalue weighted by molar-refractivity contribution is -0.122. The van der Waals surface area contributed by atoms with Crippen LogP contribution in [0.2, 0.25) is 0 Å². The van der Waals surface area contributed by atoms with Gasteiger partial charge in [-0.15, -0.1) is 0 Å². The maximum Gasteiger partial charge on any atom is 0.221 e. The van der Waals surface area contributed by atoms with E-state index >= 15 is 0 Å². The highest BCUT2D eigenvalue weighted by atomic mass is 32.2. The molecule has 1 aliphatic rings. The molecule has 0 spiro atoms. The lowest BCUT2D eigenvalue weighted by Gasteiger charge is -2.37. The van der Waals surface area contributed by atoms with Gasteiger partial charge in [-0.2, -0.15) is 4.31 Å². The molecular formula is C12H26N4O3S. The molecule has 7 nitrogen and oxygen atoms in total. The smallest absolute Gasteiger partial charge is 0.221 e. The van der Waals surface area contributed by atoms with Crippen LogP contribution >= 0.6 is 0 Å². The fourth-order valence-corrected chi connectivity index (χ4v) is 3.14. The molecule has 0 aromatic rings. The van der Waals surface area contributed by atoms with Gasteiger partial charge in [0.05, 0.1) is 6.26 Å². The minimum atomic E-state index is -3.12. The maximum atomic E-state index is 11.7. The molecule has 1 saturated heterocycles. The molecule has 1 unspecified atom stereocenters. The highest BCUT2D eigenvalue weighted by molar-refractivity contribution is 7.88. The van der Waals surface area contributed by atoms with E-state index in [1.54, 1.807) is 0 Å². The Morgan fingerprint density at radius 1 is 1.30 bits per heavy atom. The predicted molar refractivity (Wildman–Crippen MR) is 78.7 cm³/mol. The van der Waals surface area contributed by atoms with Gasteiger partial charge in [-0.05, 0) is 6.42 Å². The van der Waals surface area contributed by atoms with Crippen LogP contribution in [0, 0.1) is 0 Å². The minimum absolute atomic E-state index is 0.00726. The fourth-order valence-electron chi connectivity index (χ4n) is 2.31. The fraction of sp³-hybridized carbons (Fsp3) is 0.917. The van der Waals surface area contributed by atoms with Crippen molar-refractivity contribution in [2.75, 3.05) is 45.5 Å². The second kappa shape index (κ2) is 7.92. The number of nitrogens with one attached hydrogen (secondary N) is 1.